The van der Waals surface area contributed by atoms with Gasteiger partial charge in [0.2, 0.25) is 0 Å². The zero-order valence-electron chi connectivity index (χ0n) is 16.8. The van der Waals surface area contributed by atoms with Crippen molar-refractivity contribution in [3.8, 4) is 0 Å². The molecule has 0 aliphatic carbocycles. The Labute approximate surface area is 180 Å². The molecule has 27 heavy (non-hydrogen) atoms. The van der Waals surface area contributed by atoms with E-state index >= 15 is 0 Å². The average molecular weight is 460 g/mol. The van der Waals surface area contributed by atoms with Gasteiger partial charge in [0.25, 0.3) is 0 Å². The van der Waals surface area contributed by atoms with Crippen LogP contribution in [0.2, 0.25) is 0 Å². The summed E-state index contributed by atoms with van der Waals surface area (Å²) in [6.07, 6.45) is 0. The zero-order chi connectivity index (χ0) is 20.1. The maximum atomic E-state index is 10.7. The van der Waals surface area contributed by atoms with Crippen molar-refractivity contribution >= 4 is 22.2 Å². The predicted octanol–water partition coefficient (Wildman–Crippen LogP) is 4.44. The molecule has 0 saturated carbocycles. The van der Waals surface area contributed by atoms with Crippen molar-refractivity contribution in [2.24, 2.45) is 0 Å². The van der Waals surface area contributed by atoms with E-state index in [0.717, 1.165) is 11.1 Å². The fraction of sp³-hybridized carbons (Fsp3) is 0.400. The summed E-state index contributed by atoms with van der Waals surface area (Å²) in [6.45, 7) is 12.3. The summed E-state index contributed by atoms with van der Waals surface area (Å²) < 4.78 is 42.7. The zero-order valence-corrected chi connectivity index (χ0v) is 21.4. The molecule has 0 N–H and O–H groups in total. The Morgan fingerprint density at radius 3 is 1.19 bits per heavy atom. The van der Waals surface area contributed by atoms with E-state index in [1.54, 1.807) is 36.4 Å². The number of hydrogen-bond acceptors (Lipinski definition) is 4. The molecule has 4 nitrogen and oxygen atoms in total. The van der Waals surface area contributed by atoms with E-state index in [1.807, 2.05) is 12.1 Å². The standard InChI is InChI=1S/2C10H14O2S.Zn/c2*1-10(2,3)8-5-4-6-9(7-8)13(11)12;/h2*4-7H,1-3H3,(H,11,12);/q;;+2/p-2. The second-order valence-corrected chi connectivity index (χ2v) is 9.91. The van der Waals surface area contributed by atoms with Crippen LogP contribution in [0.3, 0.4) is 0 Å². The van der Waals surface area contributed by atoms with Gasteiger partial charge in [-0.15, -0.1) is 0 Å². The van der Waals surface area contributed by atoms with Gasteiger partial charge in [0.1, 0.15) is 0 Å². The molecule has 0 heterocycles. The third kappa shape index (κ3) is 8.88. The molecule has 2 atom stereocenters. The van der Waals surface area contributed by atoms with Crippen molar-refractivity contribution in [3.05, 3.63) is 59.7 Å². The van der Waals surface area contributed by atoms with E-state index in [1.165, 1.54) is 0 Å². The first kappa shape index (κ1) is 26.3. The molecular formula is C20H26O4S2Zn. The summed E-state index contributed by atoms with van der Waals surface area (Å²) >= 11 is -4.25. The SMILES string of the molecule is CC(C)(C)c1cccc(S(=O)[O-])c1.CC(C)(C)c1cccc(S(=O)[O-])c1.[Zn+2]. The normalized spacial score (nSPS) is 13.6. The second-order valence-electron chi connectivity index (χ2n) is 8.03. The average Bonchev–Trinajstić information content (AvgIpc) is 2.54. The predicted molar refractivity (Wildman–Crippen MR) is 105 cm³/mol. The first-order chi connectivity index (χ1) is 11.8. The first-order valence-corrected chi connectivity index (χ1v) is 10.4. The van der Waals surface area contributed by atoms with Gasteiger partial charge in [0.15, 0.2) is 0 Å². The van der Waals surface area contributed by atoms with Crippen molar-refractivity contribution < 1.29 is 37.0 Å². The molecule has 0 radical (unpaired) electrons. The summed E-state index contributed by atoms with van der Waals surface area (Å²) in [4.78, 5) is 0.708. The fourth-order valence-corrected chi connectivity index (χ4v) is 2.96. The smallest absolute Gasteiger partial charge is 0.768 e. The molecule has 0 spiro atoms. The van der Waals surface area contributed by atoms with Gasteiger partial charge < -0.3 is 9.11 Å². The molecule has 2 aromatic carbocycles. The molecule has 0 bridgehead atoms. The van der Waals surface area contributed by atoms with Crippen LogP contribution in [0.25, 0.3) is 0 Å². The van der Waals surface area contributed by atoms with Gasteiger partial charge in [0.05, 0.1) is 0 Å². The Hall–Kier alpha value is -0.717. The van der Waals surface area contributed by atoms with E-state index < -0.39 is 22.2 Å². The van der Waals surface area contributed by atoms with Crippen LogP contribution in [0.1, 0.15) is 52.7 Å². The van der Waals surface area contributed by atoms with Crippen molar-refractivity contribution in [2.75, 3.05) is 0 Å². The molecule has 0 fully saturated rings. The Kier molecular flexibility index (Phi) is 10.4. The third-order valence-corrected chi connectivity index (χ3v) is 5.06. The molecule has 0 amide bonds. The Balaban J connectivity index is 0.000000483. The largest absolute Gasteiger partial charge is 2.00 e. The van der Waals surface area contributed by atoms with Crippen LogP contribution in [0.4, 0.5) is 0 Å². The molecular weight excluding hydrogens is 434 g/mol. The minimum atomic E-state index is -2.12. The van der Waals surface area contributed by atoms with Crippen LogP contribution in [0.15, 0.2) is 58.3 Å². The van der Waals surface area contributed by atoms with E-state index in [9.17, 15) is 17.5 Å². The Bertz CT molecular complexity index is 726. The van der Waals surface area contributed by atoms with Crippen molar-refractivity contribution in [3.63, 3.8) is 0 Å². The molecule has 2 aromatic rings. The van der Waals surface area contributed by atoms with E-state index in [0.29, 0.717) is 9.79 Å². The summed E-state index contributed by atoms with van der Waals surface area (Å²) in [5.41, 5.74) is 2.06. The van der Waals surface area contributed by atoms with Crippen molar-refractivity contribution in [1.82, 2.24) is 0 Å². The van der Waals surface area contributed by atoms with Crippen LogP contribution >= 0.6 is 0 Å². The summed E-state index contributed by atoms with van der Waals surface area (Å²) in [5, 5.41) is 0. The number of benzene rings is 2. The summed E-state index contributed by atoms with van der Waals surface area (Å²) in [5.74, 6) is 0. The van der Waals surface area contributed by atoms with Crippen LogP contribution in [0.5, 0.6) is 0 Å². The molecule has 144 valence electrons. The first-order valence-electron chi connectivity index (χ1n) is 8.22. The van der Waals surface area contributed by atoms with E-state index in [4.69, 9.17) is 0 Å². The number of hydrogen-bond donors (Lipinski definition) is 0. The molecule has 0 aliphatic rings. The summed E-state index contributed by atoms with van der Waals surface area (Å²) in [6, 6.07) is 14.0. The molecule has 0 saturated heterocycles. The Morgan fingerprint density at radius 2 is 0.963 bits per heavy atom. The molecule has 7 heteroatoms. The second kappa shape index (κ2) is 10.7. The fourth-order valence-electron chi connectivity index (χ4n) is 2.13. The van der Waals surface area contributed by atoms with Gasteiger partial charge in [-0.1, -0.05) is 65.8 Å². The quantitative estimate of drug-likeness (QED) is 0.491. The van der Waals surface area contributed by atoms with Crippen LogP contribution in [0, 0.1) is 0 Å². The van der Waals surface area contributed by atoms with Gasteiger partial charge in [-0.25, -0.2) is 0 Å². The summed E-state index contributed by atoms with van der Waals surface area (Å²) in [7, 11) is 0. The van der Waals surface area contributed by atoms with Crippen LogP contribution in [-0.2, 0) is 52.5 Å². The molecule has 0 aliphatic heterocycles. The molecule has 2 rings (SSSR count). The third-order valence-electron chi connectivity index (χ3n) is 3.79. The monoisotopic (exact) mass is 458 g/mol. The van der Waals surface area contributed by atoms with Gasteiger partial charge in [-0.05, 0) is 68.4 Å². The molecule has 0 aromatic heterocycles. The maximum Gasteiger partial charge on any atom is 2.00 e. The number of rotatable bonds is 2. The molecule has 2 unspecified atom stereocenters. The van der Waals surface area contributed by atoms with Gasteiger partial charge in [-0.2, -0.15) is 0 Å². The van der Waals surface area contributed by atoms with Gasteiger partial charge in [-0.3, -0.25) is 8.42 Å². The topological polar surface area (TPSA) is 80.3 Å². The van der Waals surface area contributed by atoms with Gasteiger partial charge >= 0.3 is 19.5 Å². The van der Waals surface area contributed by atoms with Crippen LogP contribution in [-0.4, -0.2) is 17.5 Å². The van der Waals surface area contributed by atoms with E-state index in [-0.39, 0.29) is 30.3 Å². The Morgan fingerprint density at radius 1 is 0.667 bits per heavy atom. The van der Waals surface area contributed by atoms with Crippen molar-refractivity contribution in [1.29, 1.82) is 0 Å². The minimum Gasteiger partial charge on any atom is -0.768 e. The van der Waals surface area contributed by atoms with Gasteiger partial charge in [0, 0.05) is 9.79 Å². The van der Waals surface area contributed by atoms with Crippen LogP contribution < -0.4 is 0 Å². The van der Waals surface area contributed by atoms with E-state index in [2.05, 4.69) is 41.5 Å². The maximum absolute atomic E-state index is 10.7. The minimum absolute atomic E-state index is 0. The van der Waals surface area contributed by atoms with Crippen molar-refractivity contribution in [2.45, 2.75) is 62.2 Å².